The Bertz CT molecular complexity index is 1300. The number of nitrogens with one attached hydrogen (secondary N) is 1. The summed E-state index contributed by atoms with van der Waals surface area (Å²) in [5, 5.41) is 2.28. The molecule has 0 saturated carbocycles. The molecule has 33 heavy (non-hydrogen) atoms. The highest BCUT2D eigenvalue weighted by molar-refractivity contribution is 14.1. The van der Waals surface area contributed by atoms with Crippen molar-refractivity contribution in [3.8, 4) is 5.75 Å². The number of hydrogen-bond acceptors (Lipinski definition) is 4. The molecule has 2 amide bonds. The van der Waals surface area contributed by atoms with E-state index in [0.717, 1.165) is 14.0 Å². The van der Waals surface area contributed by atoms with Gasteiger partial charge >= 0.3 is 0 Å². The Morgan fingerprint density at radius 3 is 2.52 bits per heavy atom. The van der Waals surface area contributed by atoms with Gasteiger partial charge in [-0.25, -0.2) is 9.29 Å². The second-order valence-electron chi connectivity index (χ2n) is 7.01. The van der Waals surface area contributed by atoms with Gasteiger partial charge in [-0.2, -0.15) is 0 Å². The van der Waals surface area contributed by atoms with E-state index >= 15 is 0 Å². The Balaban J connectivity index is 1.57. The molecule has 4 rings (SSSR count). The number of amides is 2. The molecule has 1 aliphatic heterocycles. The molecule has 9 heteroatoms. The molecule has 0 aromatic heterocycles. The predicted molar refractivity (Wildman–Crippen MR) is 140 cm³/mol. The molecule has 1 N–H and O–H groups in total. The van der Waals surface area contributed by atoms with Gasteiger partial charge in [0.25, 0.3) is 11.8 Å². The SMILES string of the molecule is O=C1NC(=S)N(c2ccccc2F)C(=O)/C1=C/c1ccc(OCc2ccc(I)cc2)c(Br)c1. The fourth-order valence-electron chi connectivity index (χ4n) is 3.14. The van der Waals surface area contributed by atoms with E-state index in [4.69, 9.17) is 17.0 Å². The minimum absolute atomic E-state index is 0.0288. The molecule has 166 valence electrons. The second-order valence-corrected chi connectivity index (χ2v) is 9.50. The minimum atomic E-state index is -0.705. The lowest BCUT2D eigenvalue weighted by Crippen LogP contribution is -2.54. The first kappa shape index (κ1) is 23.5. The third-order valence-corrected chi connectivity index (χ3v) is 6.39. The summed E-state index contributed by atoms with van der Waals surface area (Å²) >= 11 is 10.8. The highest BCUT2D eigenvalue weighted by Crippen LogP contribution is 2.29. The van der Waals surface area contributed by atoms with Gasteiger partial charge in [-0.05, 0) is 104 Å². The Morgan fingerprint density at radius 1 is 1.09 bits per heavy atom. The first-order valence-corrected chi connectivity index (χ1v) is 11.9. The van der Waals surface area contributed by atoms with Gasteiger partial charge in [-0.3, -0.25) is 14.9 Å². The predicted octanol–water partition coefficient (Wildman–Crippen LogP) is 5.60. The lowest BCUT2D eigenvalue weighted by molar-refractivity contribution is -0.122. The van der Waals surface area contributed by atoms with Crippen molar-refractivity contribution in [2.24, 2.45) is 0 Å². The van der Waals surface area contributed by atoms with Crippen LogP contribution in [0.15, 0.2) is 76.8 Å². The monoisotopic (exact) mass is 636 g/mol. The summed E-state index contributed by atoms with van der Waals surface area (Å²) in [5.74, 6) is -1.36. The quantitative estimate of drug-likeness (QED) is 0.171. The van der Waals surface area contributed by atoms with Gasteiger partial charge in [0.15, 0.2) is 5.11 Å². The van der Waals surface area contributed by atoms with E-state index < -0.39 is 17.6 Å². The zero-order valence-corrected chi connectivity index (χ0v) is 21.4. The fourth-order valence-corrected chi connectivity index (χ4v) is 4.29. The van der Waals surface area contributed by atoms with Crippen LogP contribution in [-0.2, 0) is 16.2 Å². The van der Waals surface area contributed by atoms with Crippen molar-refractivity contribution in [1.82, 2.24) is 5.32 Å². The van der Waals surface area contributed by atoms with E-state index in [-0.39, 0.29) is 16.4 Å². The van der Waals surface area contributed by atoms with Crippen LogP contribution >= 0.6 is 50.7 Å². The number of carbonyl (C=O) groups is 2. The highest BCUT2D eigenvalue weighted by atomic mass is 127. The molecule has 0 spiro atoms. The van der Waals surface area contributed by atoms with Gasteiger partial charge in [0, 0.05) is 3.57 Å². The molecule has 0 bridgehead atoms. The van der Waals surface area contributed by atoms with Crippen LogP contribution in [0, 0.1) is 9.39 Å². The first-order chi connectivity index (χ1) is 15.8. The number of hydrogen-bond donors (Lipinski definition) is 1. The number of halogens is 3. The Morgan fingerprint density at radius 2 is 1.82 bits per heavy atom. The number of ether oxygens (including phenoxy) is 1. The number of benzene rings is 3. The Hall–Kier alpha value is -2.63. The number of nitrogens with zero attached hydrogens (tertiary/aromatic N) is 1. The summed E-state index contributed by atoms with van der Waals surface area (Å²) in [4.78, 5) is 26.5. The van der Waals surface area contributed by atoms with Gasteiger partial charge in [-0.1, -0.05) is 30.3 Å². The Labute approximate surface area is 216 Å². The Kier molecular flexibility index (Phi) is 7.20. The van der Waals surface area contributed by atoms with E-state index in [1.54, 1.807) is 24.3 Å². The molecule has 1 aliphatic rings. The highest BCUT2D eigenvalue weighted by Gasteiger charge is 2.35. The van der Waals surface area contributed by atoms with Crippen LogP contribution in [0.4, 0.5) is 10.1 Å². The van der Waals surface area contributed by atoms with Gasteiger partial charge in [0.05, 0.1) is 10.2 Å². The molecule has 0 unspecified atom stereocenters. The van der Waals surface area contributed by atoms with Crippen molar-refractivity contribution in [2.45, 2.75) is 6.61 Å². The van der Waals surface area contributed by atoms with E-state index in [1.807, 2.05) is 24.3 Å². The van der Waals surface area contributed by atoms with Crippen molar-refractivity contribution in [3.05, 3.63) is 97.3 Å². The summed E-state index contributed by atoms with van der Waals surface area (Å²) in [5.41, 5.74) is 1.43. The third kappa shape index (κ3) is 5.31. The smallest absolute Gasteiger partial charge is 0.270 e. The summed E-state index contributed by atoms with van der Waals surface area (Å²) in [6.07, 6.45) is 1.43. The van der Waals surface area contributed by atoms with Crippen LogP contribution in [0.3, 0.4) is 0 Å². The fraction of sp³-hybridized carbons (Fsp3) is 0.0417. The van der Waals surface area contributed by atoms with Crippen molar-refractivity contribution in [3.63, 3.8) is 0 Å². The normalized spacial score (nSPS) is 15.1. The van der Waals surface area contributed by atoms with E-state index in [1.165, 1.54) is 24.3 Å². The first-order valence-electron chi connectivity index (χ1n) is 9.66. The summed E-state index contributed by atoms with van der Waals surface area (Å²) in [7, 11) is 0. The van der Waals surface area contributed by atoms with E-state index in [9.17, 15) is 14.0 Å². The maximum Gasteiger partial charge on any atom is 0.270 e. The number of anilines is 1. The molecule has 0 radical (unpaired) electrons. The maximum absolute atomic E-state index is 14.3. The average molecular weight is 637 g/mol. The summed E-state index contributed by atoms with van der Waals surface area (Å²) in [6, 6.07) is 18.9. The number of rotatable bonds is 5. The van der Waals surface area contributed by atoms with Crippen molar-refractivity contribution in [1.29, 1.82) is 0 Å². The van der Waals surface area contributed by atoms with Gasteiger partial charge in [0.1, 0.15) is 23.7 Å². The lowest BCUT2D eigenvalue weighted by Gasteiger charge is -2.29. The van der Waals surface area contributed by atoms with Crippen LogP contribution in [0.5, 0.6) is 5.75 Å². The minimum Gasteiger partial charge on any atom is -0.488 e. The molecular formula is C24H15BrFIN2O3S. The van der Waals surface area contributed by atoms with Crippen LogP contribution in [0.2, 0.25) is 0 Å². The molecule has 0 aliphatic carbocycles. The molecule has 3 aromatic carbocycles. The molecule has 3 aromatic rings. The van der Waals surface area contributed by atoms with Gasteiger partial charge in [-0.15, -0.1) is 0 Å². The van der Waals surface area contributed by atoms with Crippen LogP contribution in [-0.4, -0.2) is 16.9 Å². The molecular weight excluding hydrogens is 622 g/mol. The second kappa shape index (κ2) is 10.1. The summed E-state index contributed by atoms with van der Waals surface area (Å²) < 4.78 is 22.0. The van der Waals surface area contributed by atoms with E-state index in [0.29, 0.717) is 22.4 Å². The third-order valence-electron chi connectivity index (χ3n) is 4.77. The largest absolute Gasteiger partial charge is 0.488 e. The zero-order valence-electron chi connectivity index (χ0n) is 16.8. The molecule has 0 atom stereocenters. The lowest BCUT2D eigenvalue weighted by atomic mass is 10.1. The van der Waals surface area contributed by atoms with Crippen molar-refractivity contribution >= 4 is 79.4 Å². The van der Waals surface area contributed by atoms with Crippen molar-refractivity contribution in [2.75, 3.05) is 4.90 Å². The molecule has 5 nitrogen and oxygen atoms in total. The van der Waals surface area contributed by atoms with Gasteiger partial charge in [0.2, 0.25) is 0 Å². The average Bonchev–Trinajstić information content (AvgIpc) is 2.78. The van der Waals surface area contributed by atoms with Gasteiger partial charge < -0.3 is 4.74 Å². The topological polar surface area (TPSA) is 58.6 Å². The van der Waals surface area contributed by atoms with E-state index in [2.05, 4.69) is 43.8 Å². The van der Waals surface area contributed by atoms with Crippen LogP contribution < -0.4 is 15.0 Å². The van der Waals surface area contributed by atoms with Crippen molar-refractivity contribution < 1.29 is 18.7 Å². The number of thiocarbonyl (C=S) groups is 1. The van der Waals surface area contributed by atoms with Crippen LogP contribution in [0.1, 0.15) is 11.1 Å². The number of carbonyl (C=O) groups excluding carboxylic acids is 2. The molecule has 1 heterocycles. The maximum atomic E-state index is 14.3. The van der Waals surface area contributed by atoms with Crippen LogP contribution in [0.25, 0.3) is 6.08 Å². The zero-order chi connectivity index (χ0) is 23.5. The molecule has 1 fully saturated rings. The standard InChI is InChI=1S/C24H15BrFIN2O3S/c25-18-12-15(7-10-21(18)32-13-14-5-8-16(27)9-6-14)11-17-22(30)28-24(33)29(23(17)31)20-4-2-1-3-19(20)26/h1-12H,13H2,(H,28,30,33)/b17-11+. The summed E-state index contributed by atoms with van der Waals surface area (Å²) in [6.45, 7) is 0.395. The molecule has 1 saturated heterocycles. The number of para-hydroxylation sites is 1.